The molecule has 2 aromatic rings. The molecule has 0 radical (unpaired) electrons. The Bertz CT molecular complexity index is 1000. The lowest BCUT2D eigenvalue weighted by atomic mass is 9.95. The van der Waals surface area contributed by atoms with E-state index in [0.717, 1.165) is 0 Å². The lowest BCUT2D eigenvalue weighted by Gasteiger charge is -2.34. The van der Waals surface area contributed by atoms with Gasteiger partial charge in [0.15, 0.2) is 9.84 Å². The summed E-state index contributed by atoms with van der Waals surface area (Å²) in [5, 5.41) is 0.101. The topological polar surface area (TPSA) is 67.3 Å². The molecule has 1 amide bonds. The molecule has 1 aliphatic rings. The summed E-state index contributed by atoms with van der Waals surface area (Å²) in [5.41, 5.74) is -0.919. The monoisotopic (exact) mass is 444 g/mol. The average molecular weight is 445 g/mol. The highest BCUT2D eigenvalue weighted by Crippen LogP contribution is 2.31. The normalized spacial score (nSPS) is 16.8. The SMILES string of the molecule is CC1(F)CCN(C(=O)c2cccc(CS(=O)(=O)c3cccc(Cl)c3Cl)n2)CC1. The molecule has 0 atom stereocenters. The van der Waals surface area contributed by atoms with Crippen LogP contribution in [0, 0.1) is 0 Å². The summed E-state index contributed by atoms with van der Waals surface area (Å²) in [5.74, 6) is -0.757. The quantitative estimate of drug-likeness (QED) is 0.703. The Morgan fingerprint density at radius 3 is 2.50 bits per heavy atom. The van der Waals surface area contributed by atoms with Gasteiger partial charge in [-0.25, -0.2) is 17.8 Å². The van der Waals surface area contributed by atoms with Gasteiger partial charge in [-0.3, -0.25) is 4.79 Å². The number of hydrogen-bond donors (Lipinski definition) is 0. The molecule has 28 heavy (non-hydrogen) atoms. The summed E-state index contributed by atoms with van der Waals surface area (Å²) in [4.78, 5) is 18.3. The summed E-state index contributed by atoms with van der Waals surface area (Å²) >= 11 is 11.9. The Labute approximate surface area is 173 Å². The summed E-state index contributed by atoms with van der Waals surface area (Å²) < 4.78 is 39.4. The van der Waals surface area contributed by atoms with Gasteiger partial charge in [0, 0.05) is 13.1 Å². The van der Waals surface area contributed by atoms with Crippen LogP contribution in [0.1, 0.15) is 35.9 Å². The highest BCUT2D eigenvalue weighted by atomic mass is 35.5. The van der Waals surface area contributed by atoms with Crippen LogP contribution in [-0.4, -0.2) is 43.0 Å². The molecule has 0 aliphatic carbocycles. The molecule has 2 heterocycles. The van der Waals surface area contributed by atoms with Crippen molar-refractivity contribution in [2.45, 2.75) is 36.1 Å². The van der Waals surface area contributed by atoms with Crippen LogP contribution in [-0.2, 0) is 15.6 Å². The summed E-state index contributed by atoms with van der Waals surface area (Å²) in [7, 11) is -3.80. The van der Waals surface area contributed by atoms with E-state index >= 15 is 0 Å². The summed E-state index contributed by atoms with van der Waals surface area (Å²) in [6, 6.07) is 9.01. The molecule has 0 spiro atoms. The number of pyridine rings is 1. The zero-order valence-electron chi connectivity index (χ0n) is 15.2. The predicted molar refractivity (Wildman–Crippen MR) is 106 cm³/mol. The van der Waals surface area contributed by atoms with E-state index in [1.807, 2.05) is 0 Å². The lowest BCUT2D eigenvalue weighted by molar-refractivity contribution is 0.0499. The van der Waals surface area contributed by atoms with Crippen molar-refractivity contribution >= 4 is 38.9 Å². The number of aromatic nitrogens is 1. The van der Waals surface area contributed by atoms with Crippen LogP contribution in [0.5, 0.6) is 0 Å². The molecule has 1 saturated heterocycles. The molecule has 0 N–H and O–H groups in total. The van der Waals surface area contributed by atoms with Crippen molar-refractivity contribution < 1.29 is 17.6 Å². The molecule has 0 bridgehead atoms. The number of piperidine rings is 1. The van der Waals surface area contributed by atoms with Crippen molar-refractivity contribution in [1.82, 2.24) is 9.88 Å². The van der Waals surface area contributed by atoms with E-state index in [-0.39, 0.29) is 45.1 Å². The van der Waals surface area contributed by atoms with Crippen LogP contribution in [0.3, 0.4) is 0 Å². The van der Waals surface area contributed by atoms with Crippen molar-refractivity contribution in [2.75, 3.05) is 13.1 Å². The third-order valence-electron chi connectivity index (χ3n) is 4.71. The Morgan fingerprint density at radius 1 is 1.18 bits per heavy atom. The van der Waals surface area contributed by atoms with Gasteiger partial charge in [-0.05, 0) is 44.0 Å². The third kappa shape index (κ3) is 4.64. The van der Waals surface area contributed by atoms with Gasteiger partial charge in [-0.2, -0.15) is 0 Å². The first-order chi connectivity index (χ1) is 13.1. The molecular formula is C19H19Cl2FN2O3S. The third-order valence-corrected chi connectivity index (χ3v) is 7.33. The number of carbonyl (C=O) groups is 1. The van der Waals surface area contributed by atoms with Crippen LogP contribution in [0.4, 0.5) is 4.39 Å². The molecule has 0 unspecified atom stereocenters. The Balaban J connectivity index is 1.80. The molecule has 1 aliphatic heterocycles. The molecule has 0 saturated carbocycles. The standard InChI is InChI=1S/C19H19Cl2FN2O3S/c1-19(22)8-10-24(11-9-19)18(25)15-6-2-4-13(23-15)12-28(26,27)16-7-3-5-14(20)17(16)21/h2-7H,8-12H2,1H3. The first-order valence-corrected chi connectivity index (χ1v) is 11.1. The Kier molecular flexibility index (Phi) is 5.98. The van der Waals surface area contributed by atoms with Crippen LogP contribution >= 0.6 is 23.2 Å². The minimum atomic E-state index is -3.80. The van der Waals surface area contributed by atoms with Crippen LogP contribution in [0.25, 0.3) is 0 Å². The van der Waals surface area contributed by atoms with Gasteiger partial charge in [0.05, 0.1) is 26.4 Å². The van der Waals surface area contributed by atoms with Gasteiger partial charge in [0.2, 0.25) is 0 Å². The average Bonchev–Trinajstić information content (AvgIpc) is 2.63. The number of nitrogens with zero attached hydrogens (tertiary/aromatic N) is 2. The van der Waals surface area contributed by atoms with Gasteiger partial charge >= 0.3 is 0 Å². The number of amides is 1. The number of halogens is 3. The minimum Gasteiger partial charge on any atom is -0.337 e. The van der Waals surface area contributed by atoms with E-state index in [4.69, 9.17) is 23.2 Å². The van der Waals surface area contributed by atoms with Gasteiger partial charge in [-0.1, -0.05) is 35.3 Å². The van der Waals surface area contributed by atoms with Crippen molar-refractivity contribution in [2.24, 2.45) is 0 Å². The fraction of sp³-hybridized carbons (Fsp3) is 0.368. The van der Waals surface area contributed by atoms with E-state index in [0.29, 0.717) is 13.1 Å². The fourth-order valence-corrected chi connectivity index (χ4v) is 5.10. The first kappa shape index (κ1) is 21.0. The number of carbonyl (C=O) groups excluding carboxylic acids is 1. The lowest BCUT2D eigenvalue weighted by Crippen LogP contribution is -2.43. The molecular weight excluding hydrogens is 426 g/mol. The highest BCUT2D eigenvalue weighted by molar-refractivity contribution is 7.90. The van der Waals surface area contributed by atoms with E-state index in [1.165, 1.54) is 42.2 Å². The van der Waals surface area contributed by atoms with E-state index in [2.05, 4.69) is 4.98 Å². The van der Waals surface area contributed by atoms with E-state index < -0.39 is 21.3 Å². The molecule has 1 aromatic carbocycles. The van der Waals surface area contributed by atoms with Gasteiger partial charge in [0.1, 0.15) is 11.4 Å². The molecule has 9 heteroatoms. The Hall–Kier alpha value is -1.70. The first-order valence-electron chi connectivity index (χ1n) is 8.70. The molecule has 5 nitrogen and oxygen atoms in total. The maximum absolute atomic E-state index is 13.9. The predicted octanol–water partition coefficient (Wildman–Crippen LogP) is 4.33. The summed E-state index contributed by atoms with van der Waals surface area (Å²) in [6.45, 7) is 2.13. The second-order valence-electron chi connectivity index (χ2n) is 7.03. The smallest absolute Gasteiger partial charge is 0.272 e. The van der Waals surface area contributed by atoms with Crippen molar-refractivity contribution in [3.63, 3.8) is 0 Å². The zero-order valence-corrected chi connectivity index (χ0v) is 17.5. The number of sulfone groups is 1. The van der Waals surface area contributed by atoms with Crippen molar-refractivity contribution in [1.29, 1.82) is 0 Å². The van der Waals surface area contributed by atoms with Gasteiger partial charge < -0.3 is 4.90 Å². The van der Waals surface area contributed by atoms with Crippen LogP contribution in [0.2, 0.25) is 10.0 Å². The maximum Gasteiger partial charge on any atom is 0.272 e. The number of alkyl halides is 1. The molecule has 150 valence electrons. The van der Waals surface area contributed by atoms with Gasteiger partial charge in [0.25, 0.3) is 5.91 Å². The van der Waals surface area contributed by atoms with E-state index in [1.54, 1.807) is 6.07 Å². The van der Waals surface area contributed by atoms with Crippen LogP contribution < -0.4 is 0 Å². The number of hydrogen-bond acceptors (Lipinski definition) is 4. The fourth-order valence-electron chi connectivity index (χ4n) is 3.01. The minimum absolute atomic E-state index is 0.0426. The Morgan fingerprint density at radius 2 is 1.82 bits per heavy atom. The molecule has 1 aromatic heterocycles. The van der Waals surface area contributed by atoms with Gasteiger partial charge in [-0.15, -0.1) is 0 Å². The largest absolute Gasteiger partial charge is 0.337 e. The molecule has 3 rings (SSSR count). The second-order valence-corrected chi connectivity index (χ2v) is 9.77. The highest BCUT2D eigenvalue weighted by Gasteiger charge is 2.32. The maximum atomic E-state index is 13.9. The zero-order chi connectivity index (χ0) is 20.5. The number of benzene rings is 1. The summed E-state index contributed by atoms with van der Waals surface area (Å²) in [6.07, 6.45) is 0.528. The van der Waals surface area contributed by atoms with Crippen molar-refractivity contribution in [3.8, 4) is 0 Å². The van der Waals surface area contributed by atoms with E-state index in [9.17, 15) is 17.6 Å². The van der Waals surface area contributed by atoms with Crippen LogP contribution in [0.15, 0.2) is 41.3 Å². The second kappa shape index (κ2) is 7.97. The van der Waals surface area contributed by atoms with Crippen molar-refractivity contribution in [3.05, 3.63) is 57.8 Å². The number of likely N-dealkylation sites (tertiary alicyclic amines) is 1. The number of rotatable bonds is 4. The molecule has 1 fully saturated rings.